The third kappa shape index (κ3) is 3.46. The van der Waals surface area contributed by atoms with Gasteiger partial charge >= 0.3 is 0 Å². The van der Waals surface area contributed by atoms with Gasteiger partial charge in [-0.05, 0) is 55.4 Å². The summed E-state index contributed by atoms with van der Waals surface area (Å²) < 4.78 is 26.1. The van der Waals surface area contributed by atoms with Crippen molar-refractivity contribution in [3.05, 3.63) is 17.5 Å². The zero-order valence-electron chi connectivity index (χ0n) is 13.6. The molecule has 7 heteroatoms. The van der Waals surface area contributed by atoms with Gasteiger partial charge in [-0.3, -0.25) is 4.79 Å². The van der Waals surface area contributed by atoms with E-state index in [9.17, 15) is 13.2 Å². The summed E-state index contributed by atoms with van der Waals surface area (Å²) in [6.07, 6.45) is 5.12. The molecule has 23 heavy (non-hydrogen) atoms. The van der Waals surface area contributed by atoms with Crippen LogP contribution in [0.1, 0.15) is 32.6 Å². The molecule has 4 atom stereocenters. The standard InChI is InChI=1S/C16H24N2O3S2/c1-11(14-9-12-5-6-13(14)8-12)17-15(19)10-18(2)23(20,21)16-4-3-7-22-16/h3-4,7,11-14H,5-6,8-10H2,1-2H3,(H,17,19)/t11-,12+,13+,14-/m1/s1. The smallest absolute Gasteiger partial charge is 0.252 e. The summed E-state index contributed by atoms with van der Waals surface area (Å²) in [4.78, 5) is 12.2. The van der Waals surface area contributed by atoms with Crippen molar-refractivity contribution in [1.29, 1.82) is 0 Å². The number of fused-ring (bicyclic) bond motifs is 2. The van der Waals surface area contributed by atoms with E-state index in [2.05, 4.69) is 12.2 Å². The minimum absolute atomic E-state index is 0.121. The van der Waals surface area contributed by atoms with Gasteiger partial charge in [0, 0.05) is 13.1 Å². The third-order valence-corrected chi connectivity index (χ3v) is 8.53. The van der Waals surface area contributed by atoms with Crippen LogP contribution in [0.5, 0.6) is 0 Å². The Labute approximate surface area is 142 Å². The van der Waals surface area contributed by atoms with Crippen molar-refractivity contribution in [1.82, 2.24) is 9.62 Å². The fourth-order valence-electron chi connectivity index (χ4n) is 4.16. The molecule has 0 radical (unpaired) electrons. The predicted molar refractivity (Wildman–Crippen MR) is 90.7 cm³/mol. The van der Waals surface area contributed by atoms with Crippen LogP contribution in [0.15, 0.2) is 21.7 Å². The fourth-order valence-corrected chi connectivity index (χ4v) is 6.49. The second kappa shape index (κ2) is 6.53. The Morgan fingerprint density at radius 1 is 1.43 bits per heavy atom. The Kier molecular flexibility index (Phi) is 4.80. The highest BCUT2D eigenvalue weighted by Crippen LogP contribution is 2.49. The Morgan fingerprint density at radius 2 is 2.22 bits per heavy atom. The zero-order chi connectivity index (χ0) is 16.6. The van der Waals surface area contributed by atoms with E-state index in [0.717, 1.165) is 16.1 Å². The average molecular weight is 357 g/mol. The molecule has 0 aromatic carbocycles. The molecule has 2 fully saturated rings. The second-order valence-corrected chi connectivity index (χ2v) is 10.1. The Bertz CT molecular complexity index is 657. The molecule has 1 amide bonds. The normalized spacial score (nSPS) is 28.2. The molecule has 1 aromatic rings. The lowest BCUT2D eigenvalue weighted by Gasteiger charge is -2.29. The molecular weight excluding hydrogens is 332 g/mol. The summed E-state index contributed by atoms with van der Waals surface area (Å²) >= 11 is 1.17. The fraction of sp³-hybridized carbons (Fsp3) is 0.688. The van der Waals surface area contributed by atoms with Crippen LogP contribution in [0.4, 0.5) is 0 Å². The predicted octanol–water partition coefficient (Wildman–Crippen LogP) is 2.31. The summed E-state index contributed by atoms with van der Waals surface area (Å²) in [6, 6.07) is 3.38. The van der Waals surface area contributed by atoms with Crippen molar-refractivity contribution >= 4 is 27.3 Å². The molecule has 1 N–H and O–H groups in total. The first-order chi connectivity index (χ1) is 10.9. The van der Waals surface area contributed by atoms with E-state index >= 15 is 0 Å². The van der Waals surface area contributed by atoms with Gasteiger partial charge in [-0.15, -0.1) is 11.3 Å². The van der Waals surface area contributed by atoms with E-state index in [1.807, 2.05) is 0 Å². The number of sulfonamides is 1. The van der Waals surface area contributed by atoms with Crippen molar-refractivity contribution < 1.29 is 13.2 Å². The quantitative estimate of drug-likeness (QED) is 0.850. The van der Waals surface area contributed by atoms with Crippen molar-refractivity contribution in [2.45, 2.75) is 42.9 Å². The molecule has 0 saturated heterocycles. The first-order valence-electron chi connectivity index (χ1n) is 8.17. The summed E-state index contributed by atoms with van der Waals surface area (Å²) in [6.45, 7) is 1.92. The highest BCUT2D eigenvalue weighted by molar-refractivity contribution is 7.91. The van der Waals surface area contributed by atoms with E-state index in [0.29, 0.717) is 5.92 Å². The number of hydrogen-bond donors (Lipinski definition) is 1. The Hall–Kier alpha value is -0.920. The van der Waals surface area contributed by atoms with Gasteiger partial charge in [-0.1, -0.05) is 12.5 Å². The highest BCUT2D eigenvalue weighted by Gasteiger charge is 2.42. The molecule has 0 spiro atoms. The molecule has 2 saturated carbocycles. The number of nitrogens with zero attached hydrogens (tertiary/aromatic N) is 1. The minimum atomic E-state index is -3.56. The highest BCUT2D eigenvalue weighted by atomic mass is 32.2. The van der Waals surface area contributed by atoms with Crippen LogP contribution < -0.4 is 5.32 Å². The molecule has 1 heterocycles. The maximum Gasteiger partial charge on any atom is 0.252 e. The van der Waals surface area contributed by atoms with Crippen LogP contribution in [0.3, 0.4) is 0 Å². The van der Waals surface area contributed by atoms with Crippen molar-refractivity contribution in [2.75, 3.05) is 13.6 Å². The Morgan fingerprint density at radius 3 is 2.78 bits per heavy atom. The monoisotopic (exact) mass is 356 g/mol. The number of amides is 1. The average Bonchev–Trinajstić information content (AvgIpc) is 3.23. The number of rotatable bonds is 6. The van der Waals surface area contributed by atoms with Crippen molar-refractivity contribution in [2.24, 2.45) is 17.8 Å². The third-order valence-electron chi connectivity index (χ3n) is 5.35. The largest absolute Gasteiger partial charge is 0.352 e. The summed E-state index contributed by atoms with van der Waals surface area (Å²) in [5.74, 6) is 1.91. The van der Waals surface area contributed by atoms with Crippen LogP contribution in [0, 0.1) is 17.8 Å². The molecular formula is C16H24N2O3S2. The summed E-state index contributed by atoms with van der Waals surface area (Å²) in [7, 11) is -2.11. The molecule has 2 bridgehead atoms. The molecule has 0 aliphatic heterocycles. The molecule has 0 unspecified atom stereocenters. The van der Waals surface area contributed by atoms with Gasteiger partial charge in [0.1, 0.15) is 4.21 Å². The lowest BCUT2D eigenvalue weighted by Crippen LogP contribution is -2.45. The molecule has 128 valence electrons. The van der Waals surface area contributed by atoms with E-state index in [4.69, 9.17) is 0 Å². The van der Waals surface area contributed by atoms with Gasteiger partial charge < -0.3 is 5.32 Å². The zero-order valence-corrected chi connectivity index (χ0v) is 15.2. The van der Waals surface area contributed by atoms with Gasteiger partial charge in [-0.2, -0.15) is 4.31 Å². The van der Waals surface area contributed by atoms with Crippen LogP contribution in [0.25, 0.3) is 0 Å². The number of carbonyl (C=O) groups is 1. The van der Waals surface area contributed by atoms with Crippen LogP contribution in [0.2, 0.25) is 0 Å². The number of carbonyl (C=O) groups excluding carboxylic acids is 1. The summed E-state index contributed by atoms with van der Waals surface area (Å²) in [5.41, 5.74) is 0. The second-order valence-electron chi connectivity index (χ2n) is 6.89. The van der Waals surface area contributed by atoms with Crippen LogP contribution >= 0.6 is 11.3 Å². The number of nitrogens with one attached hydrogen (secondary N) is 1. The maximum absolute atomic E-state index is 12.3. The van der Waals surface area contributed by atoms with Gasteiger partial charge in [0.2, 0.25) is 5.91 Å². The molecule has 2 aliphatic rings. The molecule has 5 nitrogen and oxygen atoms in total. The van der Waals surface area contributed by atoms with Gasteiger partial charge in [0.15, 0.2) is 0 Å². The Balaban J connectivity index is 1.55. The maximum atomic E-state index is 12.3. The SMILES string of the molecule is C[C@@H](NC(=O)CN(C)S(=O)(=O)c1cccs1)[C@H]1C[C@H]2CC[C@H]1C2. The molecule has 3 rings (SSSR count). The minimum Gasteiger partial charge on any atom is -0.352 e. The van der Waals surface area contributed by atoms with Gasteiger partial charge in [-0.25, -0.2) is 8.42 Å². The van der Waals surface area contributed by atoms with Crippen molar-refractivity contribution in [3.8, 4) is 0 Å². The van der Waals surface area contributed by atoms with E-state index in [-0.39, 0.29) is 22.7 Å². The van der Waals surface area contributed by atoms with E-state index in [1.54, 1.807) is 17.5 Å². The van der Waals surface area contributed by atoms with E-state index in [1.165, 1.54) is 44.1 Å². The number of thiophene rings is 1. The van der Waals surface area contributed by atoms with Gasteiger partial charge in [0.05, 0.1) is 6.54 Å². The molecule has 2 aliphatic carbocycles. The van der Waals surface area contributed by atoms with Crippen LogP contribution in [-0.2, 0) is 14.8 Å². The topological polar surface area (TPSA) is 66.5 Å². The first-order valence-corrected chi connectivity index (χ1v) is 10.5. The molecule has 1 aromatic heterocycles. The first kappa shape index (κ1) is 16.9. The number of likely N-dealkylation sites (N-methyl/N-ethyl adjacent to an activating group) is 1. The van der Waals surface area contributed by atoms with Crippen LogP contribution in [-0.4, -0.2) is 38.3 Å². The van der Waals surface area contributed by atoms with Gasteiger partial charge in [0.25, 0.3) is 10.0 Å². The summed E-state index contributed by atoms with van der Waals surface area (Å²) in [5, 5.41) is 4.73. The number of hydrogen-bond acceptors (Lipinski definition) is 4. The van der Waals surface area contributed by atoms with Crippen molar-refractivity contribution in [3.63, 3.8) is 0 Å². The lowest BCUT2D eigenvalue weighted by molar-refractivity contribution is -0.122. The lowest BCUT2D eigenvalue weighted by atomic mass is 9.84. The van der Waals surface area contributed by atoms with E-state index < -0.39 is 10.0 Å².